The van der Waals surface area contributed by atoms with Crippen LogP contribution in [0.15, 0.2) is 4.99 Å². The van der Waals surface area contributed by atoms with Crippen molar-refractivity contribution in [2.24, 2.45) is 28.1 Å². The minimum atomic E-state index is -1.05. The number of nitrogens with one attached hydrogen (secondary N) is 6. The molecule has 0 aromatic rings. The first-order chi connectivity index (χ1) is 24.7. The second-order valence-electron chi connectivity index (χ2n) is 13.2. The molecule has 292 valence electrons. The standard InChI is InChI=1S/C32H55N11O8S/c1-19(2)14-26(46)39-17-28(48)41-22(18-52-13-5-8-25(45)38-16-27(47)37-15-24(33)44)31(51)43-12-4-7-23(43)30(50)42-21(6-3-11-36-32(34)35)29(49)40-20-9-10-20/h19-23H,3-18H2,1-2H3,(H2,33,44)(H,37,47)(H,38,45)(H,39,46)(H,40,49)(H,41,48)(H,42,50)(H4,34,35,36)/t21-,22+,23+/m1/s1. The number of primary amides is 1. The van der Waals surface area contributed by atoms with Gasteiger partial charge in [-0.2, -0.15) is 11.8 Å². The molecular formula is C32H55N11O8S. The van der Waals surface area contributed by atoms with Gasteiger partial charge in [0.25, 0.3) is 0 Å². The third-order valence-electron chi connectivity index (χ3n) is 7.90. The van der Waals surface area contributed by atoms with Crippen molar-refractivity contribution in [3.63, 3.8) is 0 Å². The maximum atomic E-state index is 13.9. The number of amides is 8. The fourth-order valence-corrected chi connectivity index (χ4v) is 6.14. The Labute approximate surface area is 307 Å². The van der Waals surface area contributed by atoms with Gasteiger partial charge >= 0.3 is 0 Å². The first-order valence-electron chi connectivity index (χ1n) is 17.6. The first kappa shape index (κ1) is 43.5. The van der Waals surface area contributed by atoms with Crippen LogP contribution in [0.1, 0.15) is 71.6 Å². The maximum Gasteiger partial charge on any atom is 0.246 e. The smallest absolute Gasteiger partial charge is 0.246 e. The summed E-state index contributed by atoms with van der Waals surface area (Å²) in [5, 5.41) is 15.7. The zero-order chi connectivity index (χ0) is 38.6. The monoisotopic (exact) mass is 753 g/mol. The van der Waals surface area contributed by atoms with E-state index in [2.05, 4.69) is 36.9 Å². The van der Waals surface area contributed by atoms with Crippen molar-refractivity contribution in [1.29, 1.82) is 0 Å². The Kier molecular flexibility index (Phi) is 19.3. The lowest BCUT2D eigenvalue weighted by molar-refractivity contribution is -0.141. The summed E-state index contributed by atoms with van der Waals surface area (Å²) in [6.07, 6.45) is 4.03. The van der Waals surface area contributed by atoms with Crippen molar-refractivity contribution in [3.05, 3.63) is 0 Å². The number of nitrogens with two attached hydrogens (primary N) is 3. The Morgan fingerprint density at radius 1 is 0.808 bits per heavy atom. The Morgan fingerprint density at radius 2 is 1.48 bits per heavy atom. The molecule has 0 bridgehead atoms. The van der Waals surface area contributed by atoms with E-state index in [-0.39, 0.29) is 93.4 Å². The van der Waals surface area contributed by atoms with Crippen molar-refractivity contribution >= 4 is 65.0 Å². The highest BCUT2D eigenvalue weighted by molar-refractivity contribution is 7.99. The van der Waals surface area contributed by atoms with E-state index in [0.29, 0.717) is 31.4 Å². The summed E-state index contributed by atoms with van der Waals surface area (Å²) < 4.78 is 0. The van der Waals surface area contributed by atoms with Gasteiger partial charge in [0.15, 0.2) is 5.96 Å². The molecular weight excluding hydrogens is 698 g/mol. The number of hydrogen-bond acceptors (Lipinski definition) is 10. The highest BCUT2D eigenvalue weighted by Gasteiger charge is 2.39. The summed E-state index contributed by atoms with van der Waals surface area (Å²) in [5.74, 6) is -3.30. The van der Waals surface area contributed by atoms with Crippen molar-refractivity contribution in [1.82, 2.24) is 36.8 Å². The molecule has 1 heterocycles. The van der Waals surface area contributed by atoms with E-state index in [1.165, 1.54) is 16.7 Å². The summed E-state index contributed by atoms with van der Waals surface area (Å²) in [6.45, 7) is 3.28. The molecule has 20 heteroatoms. The van der Waals surface area contributed by atoms with Gasteiger partial charge in [-0.25, -0.2) is 0 Å². The second kappa shape index (κ2) is 23.0. The number of guanidine groups is 1. The van der Waals surface area contributed by atoms with Crippen LogP contribution in [0.25, 0.3) is 0 Å². The fraction of sp³-hybridized carbons (Fsp3) is 0.719. The second-order valence-corrected chi connectivity index (χ2v) is 14.3. The number of hydrogen-bond donors (Lipinski definition) is 9. The van der Waals surface area contributed by atoms with Crippen LogP contribution in [-0.4, -0.2) is 127 Å². The van der Waals surface area contributed by atoms with Crippen molar-refractivity contribution in [2.45, 2.75) is 95.8 Å². The minimum absolute atomic E-state index is 0.0709. The lowest BCUT2D eigenvalue weighted by Crippen LogP contribution is -2.57. The van der Waals surface area contributed by atoms with Gasteiger partial charge in [-0.15, -0.1) is 0 Å². The quantitative estimate of drug-likeness (QED) is 0.0267. The van der Waals surface area contributed by atoms with Gasteiger partial charge in [0.1, 0.15) is 18.1 Å². The summed E-state index contributed by atoms with van der Waals surface area (Å²) in [4.78, 5) is 105. The molecule has 2 aliphatic rings. The number of nitrogens with zero attached hydrogens (tertiary/aromatic N) is 2. The summed E-state index contributed by atoms with van der Waals surface area (Å²) in [6, 6.07) is -2.71. The van der Waals surface area contributed by atoms with E-state index < -0.39 is 47.7 Å². The Balaban J connectivity index is 2.03. The van der Waals surface area contributed by atoms with Crippen molar-refractivity contribution in [3.8, 4) is 0 Å². The van der Waals surface area contributed by atoms with E-state index in [9.17, 15) is 38.4 Å². The molecule has 0 aromatic heterocycles. The molecule has 0 unspecified atom stereocenters. The summed E-state index contributed by atoms with van der Waals surface area (Å²) in [5.41, 5.74) is 15.8. The molecule has 2 fully saturated rings. The van der Waals surface area contributed by atoms with Crippen LogP contribution < -0.4 is 49.1 Å². The van der Waals surface area contributed by atoms with Gasteiger partial charge in [0.05, 0.1) is 19.6 Å². The zero-order valence-electron chi connectivity index (χ0n) is 30.0. The molecule has 52 heavy (non-hydrogen) atoms. The van der Waals surface area contributed by atoms with Crippen LogP contribution in [0.3, 0.4) is 0 Å². The zero-order valence-corrected chi connectivity index (χ0v) is 30.8. The molecule has 1 aliphatic heterocycles. The maximum absolute atomic E-state index is 13.9. The molecule has 0 radical (unpaired) electrons. The first-order valence-corrected chi connectivity index (χ1v) is 18.7. The molecule has 1 aliphatic carbocycles. The van der Waals surface area contributed by atoms with Crippen LogP contribution in [-0.2, 0) is 38.4 Å². The van der Waals surface area contributed by atoms with Gasteiger partial charge in [-0.3, -0.25) is 43.3 Å². The van der Waals surface area contributed by atoms with Gasteiger partial charge in [-0.1, -0.05) is 13.8 Å². The number of thioether (sulfide) groups is 1. The van der Waals surface area contributed by atoms with E-state index >= 15 is 0 Å². The summed E-state index contributed by atoms with van der Waals surface area (Å²) >= 11 is 1.31. The lowest BCUT2D eigenvalue weighted by Gasteiger charge is -2.30. The van der Waals surface area contributed by atoms with E-state index in [1.807, 2.05) is 13.8 Å². The van der Waals surface area contributed by atoms with E-state index in [4.69, 9.17) is 17.2 Å². The number of rotatable bonds is 24. The van der Waals surface area contributed by atoms with Gasteiger partial charge < -0.3 is 54.0 Å². The normalized spacial score (nSPS) is 16.2. The average Bonchev–Trinajstić information content (AvgIpc) is 3.75. The van der Waals surface area contributed by atoms with Crippen molar-refractivity contribution < 1.29 is 38.4 Å². The number of carbonyl (C=O) groups excluding carboxylic acids is 8. The topological polar surface area (TPSA) is 302 Å². The van der Waals surface area contributed by atoms with Crippen LogP contribution in [0.4, 0.5) is 0 Å². The molecule has 2 rings (SSSR count). The van der Waals surface area contributed by atoms with E-state index in [0.717, 1.165) is 12.8 Å². The molecule has 0 spiro atoms. The van der Waals surface area contributed by atoms with Gasteiger partial charge in [0.2, 0.25) is 47.3 Å². The molecule has 1 saturated heterocycles. The lowest BCUT2D eigenvalue weighted by atomic mass is 10.1. The van der Waals surface area contributed by atoms with Gasteiger partial charge in [0, 0.05) is 37.7 Å². The van der Waals surface area contributed by atoms with Crippen LogP contribution in [0, 0.1) is 5.92 Å². The SMILES string of the molecule is CC(C)CC(=O)NCC(=O)N[C@@H](CSCCCC(=O)NCC(=O)NCC(N)=O)C(=O)N1CCC[C@H]1C(=O)N[C@H](CCCN=C(N)N)C(=O)NC1CC1. The largest absolute Gasteiger partial charge is 0.370 e. The number of carbonyl (C=O) groups is 8. The van der Waals surface area contributed by atoms with Crippen LogP contribution in [0.2, 0.25) is 0 Å². The number of aliphatic imine (C=N–C) groups is 1. The highest BCUT2D eigenvalue weighted by Crippen LogP contribution is 2.22. The molecule has 8 amide bonds. The summed E-state index contributed by atoms with van der Waals surface area (Å²) in [7, 11) is 0. The third-order valence-corrected chi connectivity index (χ3v) is 9.04. The predicted octanol–water partition coefficient (Wildman–Crippen LogP) is -3.33. The number of likely N-dealkylation sites (tertiary alicyclic amines) is 1. The predicted molar refractivity (Wildman–Crippen MR) is 194 cm³/mol. The Morgan fingerprint density at radius 3 is 2.13 bits per heavy atom. The molecule has 3 atom stereocenters. The highest BCUT2D eigenvalue weighted by atomic mass is 32.2. The van der Waals surface area contributed by atoms with Gasteiger partial charge in [-0.05, 0) is 56.6 Å². The Bertz CT molecular complexity index is 1310. The van der Waals surface area contributed by atoms with E-state index in [1.54, 1.807) is 0 Å². The average molecular weight is 754 g/mol. The molecule has 19 nitrogen and oxygen atoms in total. The fourth-order valence-electron chi connectivity index (χ4n) is 5.17. The molecule has 1 saturated carbocycles. The third kappa shape index (κ3) is 18.0. The van der Waals surface area contributed by atoms with Crippen molar-refractivity contribution in [2.75, 3.05) is 44.2 Å². The van der Waals surface area contributed by atoms with Crippen LogP contribution >= 0.6 is 11.8 Å². The minimum Gasteiger partial charge on any atom is -0.370 e. The Hall–Kier alpha value is -4.62. The molecule has 0 aromatic carbocycles. The van der Waals surface area contributed by atoms with Crippen LogP contribution in [0.5, 0.6) is 0 Å². The molecule has 12 N–H and O–H groups in total.